The zero-order valence-electron chi connectivity index (χ0n) is 16.7. The van der Waals surface area contributed by atoms with Gasteiger partial charge in [0.1, 0.15) is 11.6 Å². The van der Waals surface area contributed by atoms with Crippen molar-refractivity contribution >= 4 is 11.8 Å². The smallest absolute Gasteiger partial charge is 0.276 e. The van der Waals surface area contributed by atoms with Crippen molar-refractivity contribution in [1.82, 2.24) is 24.8 Å². The van der Waals surface area contributed by atoms with Crippen molar-refractivity contribution in [3.05, 3.63) is 42.0 Å². The lowest BCUT2D eigenvalue weighted by molar-refractivity contribution is -0.135. The Morgan fingerprint density at radius 3 is 2.58 bits per heavy atom. The highest BCUT2D eigenvalue weighted by Crippen LogP contribution is 2.33. The molecule has 0 aliphatic carbocycles. The third kappa shape index (κ3) is 4.97. The van der Waals surface area contributed by atoms with E-state index in [-0.39, 0.29) is 23.9 Å². The Kier molecular flexibility index (Phi) is 5.84. The van der Waals surface area contributed by atoms with Gasteiger partial charge in [-0.2, -0.15) is 0 Å². The summed E-state index contributed by atoms with van der Waals surface area (Å²) in [5, 5.41) is 7.75. The van der Waals surface area contributed by atoms with E-state index >= 15 is 0 Å². The number of carbonyl (C=O) groups excluding carboxylic acids is 2. The summed E-state index contributed by atoms with van der Waals surface area (Å²) in [6, 6.07) is 4.24. The predicted octanol–water partition coefficient (Wildman–Crippen LogP) is 1.97. The van der Waals surface area contributed by atoms with Gasteiger partial charge in [0, 0.05) is 19.5 Å². The number of nitrogens with zero attached hydrogens (tertiary/aromatic N) is 5. The Morgan fingerprint density at radius 1 is 1.16 bits per heavy atom. The van der Waals surface area contributed by atoms with E-state index in [1.807, 2.05) is 0 Å². The summed E-state index contributed by atoms with van der Waals surface area (Å²) < 4.78 is 47.7. The molecule has 4 rings (SSSR count). The SMILES string of the molecule is O=C(c1cn(C[C@@H]2CC(F)(F)CN2C(=O)COc2ccc(F)cc2)nn1)N1CCCC1. The molecular formula is C20H22F3N5O3. The van der Waals surface area contributed by atoms with Crippen molar-refractivity contribution in [3.63, 3.8) is 0 Å². The zero-order valence-corrected chi connectivity index (χ0v) is 16.7. The summed E-state index contributed by atoms with van der Waals surface area (Å²) >= 11 is 0. The second kappa shape index (κ2) is 8.56. The fourth-order valence-electron chi connectivity index (χ4n) is 3.90. The molecule has 2 amide bonds. The van der Waals surface area contributed by atoms with E-state index in [0.29, 0.717) is 13.1 Å². The molecule has 0 saturated carbocycles. The third-order valence-corrected chi connectivity index (χ3v) is 5.42. The summed E-state index contributed by atoms with van der Waals surface area (Å²) in [5.41, 5.74) is 0.157. The standard InChI is InChI=1S/C20H22F3N5O3/c21-14-3-5-16(6-4-14)31-12-18(29)28-13-20(22,23)9-15(28)10-27-11-17(24-25-27)19(30)26-7-1-2-8-26/h3-6,11,15H,1-2,7-10,12-13H2/t15-/m0/s1. The van der Waals surface area contributed by atoms with Crippen LogP contribution in [0.1, 0.15) is 29.8 Å². The number of halogens is 3. The third-order valence-electron chi connectivity index (χ3n) is 5.42. The number of hydrogen-bond donors (Lipinski definition) is 0. The molecule has 1 aromatic carbocycles. The summed E-state index contributed by atoms with van der Waals surface area (Å²) in [6.07, 6.45) is 2.78. The van der Waals surface area contributed by atoms with Crippen LogP contribution in [0.25, 0.3) is 0 Å². The average Bonchev–Trinajstić information content (AvgIpc) is 3.47. The largest absolute Gasteiger partial charge is 0.484 e. The monoisotopic (exact) mass is 437 g/mol. The van der Waals surface area contributed by atoms with Gasteiger partial charge in [-0.25, -0.2) is 17.9 Å². The van der Waals surface area contributed by atoms with Crippen LogP contribution in [-0.4, -0.2) is 74.8 Å². The second-order valence-corrected chi connectivity index (χ2v) is 7.80. The van der Waals surface area contributed by atoms with E-state index in [4.69, 9.17) is 4.74 Å². The highest BCUT2D eigenvalue weighted by atomic mass is 19.3. The highest BCUT2D eigenvalue weighted by Gasteiger charge is 2.47. The topological polar surface area (TPSA) is 80.6 Å². The van der Waals surface area contributed by atoms with Gasteiger partial charge in [-0.05, 0) is 37.1 Å². The molecule has 2 aromatic rings. The lowest BCUT2D eigenvalue weighted by atomic mass is 10.2. The minimum atomic E-state index is -3.04. The normalized spacial score (nSPS) is 20.3. The summed E-state index contributed by atoms with van der Waals surface area (Å²) in [6.45, 7) is 0.137. The summed E-state index contributed by atoms with van der Waals surface area (Å²) in [5.74, 6) is -4.07. The molecule has 1 aromatic heterocycles. The Morgan fingerprint density at radius 2 is 1.87 bits per heavy atom. The van der Waals surface area contributed by atoms with E-state index in [1.54, 1.807) is 4.90 Å². The molecule has 0 spiro atoms. The van der Waals surface area contributed by atoms with Gasteiger partial charge in [-0.15, -0.1) is 5.10 Å². The van der Waals surface area contributed by atoms with E-state index in [2.05, 4.69) is 10.3 Å². The quantitative estimate of drug-likeness (QED) is 0.690. The number of benzene rings is 1. The number of aromatic nitrogens is 3. The number of hydrogen-bond acceptors (Lipinski definition) is 5. The first kappa shape index (κ1) is 21.1. The van der Waals surface area contributed by atoms with Crippen LogP contribution in [0.2, 0.25) is 0 Å². The molecule has 0 bridgehead atoms. The molecule has 0 unspecified atom stereocenters. The molecule has 3 heterocycles. The van der Waals surface area contributed by atoms with Crippen LogP contribution in [0.5, 0.6) is 5.75 Å². The number of alkyl halides is 2. The van der Waals surface area contributed by atoms with Crippen LogP contribution in [0.4, 0.5) is 13.2 Å². The predicted molar refractivity (Wildman–Crippen MR) is 102 cm³/mol. The summed E-state index contributed by atoms with van der Waals surface area (Å²) in [4.78, 5) is 27.7. The lowest BCUT2D eigenvalue weighted by Crippen LogP contribution is -2.41. The molecule has 8 nitrogen and oxygen atoms in total. The summed E-state index contributed by atoms with van der Waals surface area (Å²) in [7, 11) is 0. The highest BCUT2D eigenvalue weighted by molar-refractivity contribution is 5.92. The van der Waals surface area contributed by atoms with Gasteiger partial charge in [-0.1, -0.05) is 5.21 Å². The van der Waals surface area contributed by atoms with Gasteiger partial charge in [0.25, 0.3) is 17.7 Å². The number of ether oxygens (including phenoxy) is 1. The van der Waals surface area contributed by atoms with Gasteiger partial charge in [0.15, 0.2) is 12.3 Å². The minimum Gasteiger partial charge on any atom is -0.484 e. The van der Waals surface area contributed by atoms with Crippen molar-refractivity contribution in [3.8, 4) is 5.75 Å². The van der Waals surface area contributed by atoms with E-state index in [9.17, 15) is 22.8 Å². The van der Waals surface area contributed by atoms with Crippen LogP contribution in [0.15, 0.2) is 30.5 Å². The van der Waals surface area contributed by atoms with E-state index in [1.165, 1.54) is 35.1 Å². The van der Waals surface area contributed by atoms with Crippen molar-refractivity contribution in [2.24, 2.45) is 0 Å². The second-order valence-electron chi connectivity index (χ2n) is 7.80. The Bertz CT molecular complexity index is 944. The first-order valence-electron chi connectivity index (χ1n) is 10.1. The first-order valence-corrected chi connectivity index (χ1v) is 10.1. The van der Waals surface area contributed by atoms with Crippen molar-refractivity contribution in [2.75, 3.05) is 26.2 Å². The van der Waals surface area contributed by atoms with E-state index in [0.717, 1.165) is 17.7 Å². The molecular weight excluding hydrogens is 415 g/mol. The molecule has 2 saturated heterocycles. The number of likely N-dealkylation sites (tertiary alicyclic amines) is 2. The molecule has 1 atom stereocenters. The molecule has 2 aliphatic heterocycles. The van der Waals surface area contributed by atoms with Crippen LogP contribution < -0.4 is 4.74 Å². The van der Waals surface area contributed by atoms with Crippen molar-refractivity contribution in [1.29, 1.82) is 0 Å². The molecule has 31 heavy (non-hydrogen) atoms. The average molecular weight is 437 g/mol. The fourth-order valence-corrected chi connectivity index (χ4v) is 3.90. The maximum Gasteiger partial charge on any atom is 0.276 e. The lowest BCUT2D eigenvalue weighted by Gasteiger charge is -2.23. The fraction of sp³-hybridized carbons (Fsp3) is 0.500. The maximum atomic E-state index is 14.1. The van der Waals surface area contributed by atoms with Gasteiger partial charge in [0.05, 0.1) is 25.3 Å². The van der Waals surface area contributed by atoms with Crippen LogP contribution in [-0.2, 0) is 11.3 Å². The Balaban J connectivity index is 1.39. The van der Waals surface area contributed by atoms with Crippen molar-refractivity contribution in [2.45, 2.75) is 37.8 Å². The maximum absolute atomic E-state index is 14.1. The number of amides is 2. The number of rotatable bonds is 6. The number of carbonyl (C=O) groups is 2. The van der Waals surface area contributed by atoms with E-state index < -0.39 is 43.3 Å². The molecule has 2 aliphatic rings. The molecule has 2 fully saturated rings. The Labute approximate surface area is 176 Å². The van der Waals surface area contributed by atoms with Gasteiger partial charge < -0.3 is 14.5 Å². The Hall–Kier alpha value is -3.11. The van der Waals surface area contributed by atoms with Crippen molar-refractivity contribution < 1.29 is 27.5 Å². The van der Waals surface area contributed by atoms with Crippen LogP contribution in [0, 0.1) is 5.82 Å². The first-order chi connectivity index (χ1) is 14.8. The molecule has 166 valence electrons. The van der Waals surface area contributed by atoms with Crippen LogP contribution >= 0.6 is 0 Å². The molecule has 0 N–H and O–H groups in total. The molecule has 0 radical (unpaired) electrons. The van der Waals surface area contributed by atoms with Gasteiger partial charge >= 0.3 is 0 Å². The van der Waals surface area contributed by atoms with Gasteiger partial charge in [0.2, 0.25) is 0 Å². The zero-order chi connectivity index (χ0) is 22.0. The minimum absolute atomic E-state index is 0.0157. The molecule has 11 heteroatoms. The van der Waals surface area contributed by atoms with Gasteiger partial charge in [-0.3, -0.25) is 9.59 Å². The van der Waals surface area contributed by atoms with Crippen LogP contribution in [0.3, 0.4) is 0 Å².